The van der Waals surface area contributed by atoms with Crippen LogP contribution in [0.4, 0.5) is 10.5 Å². The van der Waals surface area contributed by atoms with Crippen molar-refractivity contribution in [2.45, 2.75) is 45.3 Å². The number of ether oxygens (including phenoxy) is 2. The Bertz CT molecular complexity index is 1340. The molecule has 10 heteroatoms. The first-order chi connectivity index (χ1) is 17.6. The Balaban J connectivity index is 1.28. The maximum atomic E-state index is 12.4. The molecule has 1 aliphatic heterocycles. The molecule has 37 heavy (non-hydrogen) atoms. The summed E-state index contributed by atoms with van der Waals surface area (Å²) in [6.45, 7) is 6.44. The molecule has 1 aromatic heterocycles. The second-order valence-electron chi connectivity index (χ2n) is 9.77. The number of nitrogens with one attached hydrogen (secondary N) is 1. The van der Waals surface area contributed by atoms with Crippen molar-refractivity contribution in [1.82, 2.24) is 9.88 Å². The highest BCUT2D eigenvalue weighted by molar-refractivity contribution is 5.95. The summed E-state index contributed by atoms with van der Waals surface area (Å²) in [5.74, 6) is 0.0102. The molecule has 1 fully saturated rings. The number of aromatic nitrogens is 1. The minimum atomic E-state index is -0.536. The second kappa shape index (κ2) is 10.8. The van der Waals surface area contributed by atoms with E-state index in [0.29, 0.717) is 66.0 Å². The van der Waals surface area contributed by atoms with Crippen molar-refractivity contribution in [3.05, 3.63) is 47.5 Å². The van der Waals surface area contributed by atoms with Crippen LogP contribution in [0, 0.1) is 11.3 Å². The van der Waals surface area contributed by atoms with Gasteiger partial charge in [0, 0.05) is 24.3 Å². The summed E-state index contributed by atoms with van der Waals surface area (Å²) in [5.41, 5.74) is 2.00. The number of nitrogens with zero attached hydrogens (tertiary/aromatic N) is 3. The molecule has 0 radical (unpaired) electrons. The average Bonchev–Trinajstić information content (AvgIpc) is 3.31. The zero-order chi connectivity index (χ0) is 26.6. The summed E-state index contributed by atoms with van der Waals surface area (Å²) < 4.78 is 16.9. The molecule has 1 N–H and O–H groups in total. The number of hydrogen-bond acceptors (Lipinski definition) is 8. The zero-order valence-corrected chi connectivity index (χ0v) is 20.9. The third kappa shape index (κ3) is 6.51. The molecule has 2 aromatic carbocycles. The van der Waals surface area contributed by atoms with Gasteiger partial charge in [0.25, 0.3) is 0 Å². The molecule has 10 nitrogen and oxygen atoms in total. The van der Waals surface area contributed by atoms with E-state index in [2.05, 4.69) is 10.3 Å². The quantitative estimate of drug-likeness (QED) is 0.484. The van der Waals surface area contributed by atoms with Gasteiger partial charge in [-0.25, -0.2) is 9.78 Å². The van der Waals surface area contributed by atoms with Gasteiger partial charge in [0.1, 0.15) is 17.7 Å². The predicted molar refractivity (Wildman–Crippen MR) is 135 cm³/mol. The summed E-state index contributed by atoms with van der Waals surface area (Å²) in [6.07, 6.45) is 1.45. The van der Waals surface area contributed by atoms with Crippen LogP contribution in [0.5, 0.6) is 0 Å². The van der Waals surface area contributed by atoms with E-state index in [-0.39, 0.29) is 30.3 Å². The number of carbonyl (C=O) groups excluding carboxylic acids is 3. The number of anilines is 1. The molecule has 1 aliphatic rings. The van der Waals surface area contributed by atoms with Gasteiger partial charge in [0.15, 0.2) is 11.9 Å². The monoisotopic (exact) mass is 504 g/mol. The van der Waals surface area contributed by atoms with Crippen LogP contribution in [0.1, 0.15) is 49.5 Å². The molecule has 0 unspecified atom stereocenters. The lowest BCUT2D eigenvalue weighted by Crippen LogP contribution is -2.43. The number of benzene rings is 2. The highest BCUT2D eigenvalue weighted by Crippen LogP contribution is 2.28. The Morgan fingerprint density at radius 1 is 1.22 bits per heavy atom. The first-order valence-electron chi connectivity index (χ1n) is 11.9. The summed E-state index contributed by atoms with van der Waals surface area (Å²) in [5, 5.41) is 11.9. The predicted octanol–water partition coefficient (Wildman–Crippen LogP) is 4.53. The van der Waals surface area contributed by atoms with E-state index in [0.717, 1.165) is 0 Å². The maximum absolute atomic E-state index is 12.4. The standard InChI is InChI=1S/C27H28N4O6/c1-27(2,3)37-26(34)31-10-8-21(9-11-31)35-16-23(33)29-20-6-4-18(5-7-20)25-30-22-13-17(14-28)12-19(15-32)24(22)36-25/h4-7,12-13,15,21H,8-11,16H2,1-3H3,(H,29,33). The molecule has 0 spiro atoms. The van der Waals surface area contributed by atoms with Crippen molar-refractivity contribution in [2.24, 2.45) is 0 Å². The van der Waals surface area contributed by atoms with Gasteiger partial charge in [-0.15, -0.1) is 0 Å². The molecule has 3 aromatic rings. The van der Waals surface area contributed by atoms with Gasteiger partial charge in [0.05, 0.1) is 23.3 Å². The van der Waals surface area contributed by atoms with Crippen LogP contribution in [0.3, 0.4) is 0 Å². The Kier molecular flexibility index (Phi) is 7.55. The lowest BCUT2D eigenvalue weighted by Gasteiger charge is -2.33. The summed E-state index contributed by atoms with van der Waals surface area (Å²) >= 11 is 0. The van der Waals surface area contributed by atoms with Crippen molar-refractivity contribution >= 4 is 35.1 Å². The normalized spacial score (nSPS) is 14.3. The molecule has 4 rings (SSSR count). The number of rotatable bonds is 6. The number of nitriles is 1. The molecule has 192 valence electrons. The largest absolute Gasteiger partial charge is 0.444 e. The number of likely N-dealkylation sites (tertiary alicyclic amines) is 1. The fourth-order valence-electron chi connectivity index (χ4n) is 3.95. The van der Waals surface area contributed by atoms with E-state index in [1.54, 1.807) is 35.2 Å². The minimum absolute atomic E-state index is 0.0975. The molecule has 0 saturated carbocycles. The summed E-state index contributed by atoms with van der Waals surface area (Å²) in [6, 6.07) is 11.9. The molecule has 2 amide bonds. The number of oxazole rings is 1. The van der Waals surface area contributed by atoms with Crippen LogP contribution in [-0.2, 0) is 14.3 Å². The Morgan fingerprint density at radius 3 is 2.54 bits per heavy atom. The van der Waals surface area contributed by atoms with Crippen LogP contribution >= 0.6 is 0 Å². The van der Waals surface area contributed by atoms with E-state index in [4.69, 9.17) is 19.2 Å². The number of hydrogen-bond donors (Lipinski definition) is 1. The van der Waals surface area contributed by atoms with E-state index in [1.807, 2.05) is 26.8 Å². The Morgan fingerprint density at radius 2 is 1.92 bits per heavy atom. The summed E-state index contributed by atoms with van der Waals surface area (Å²) in [4.78, 5) is 41.9. The molecule has 0 bridgehead atoms. The van der Waals surface area contributed by atoms with Gasteiger partial charge in [-0.1, -0.05) is 0 Å². The van der Waals surface area contributed by atoms with Crippen molar-refractivity contribution in [1.29, 1.82) is 5.26 Å². The lowest BCUT2D eigenvalue weighted by molar-refractivity contribution is -0.123. The van der Waals surface area contributed by atoms with Gasteiger partial charge in [-0.2, -0.15) is 5.26 Å². The maximum Gasteiger partial charge on any atom is 0.410 e. The fraction of sp³-hybridized carbons (Fsp3) is 0.370. The minimum Gasteiger partial charge on any atom is -0.444 e. The molecule has 2 heterocycles. The van der Waals surface area contributed by atoms with E-state index >= 15 is 0 Å². The van der Waals surface area contributed by atoms with Crippen molar-refractivity contribution in [3.63, 3.8) is 0 Å². The van der Waals surface area contributed by atoms with E-state index < -0.39 is 5.60 Å². The molecule has 1 saturated heterocycles. The number of carbonyl (C=O) groups is 3. The van der Waals surface area contributed by atoms with Crippen LogP contribution in [0.2, 0.25) is 0 Å². The highest BCUT2D eigenvalue weighted by Gasteiger charge is 2.27. The Labute approximate surface area is 214 Å². The molecular weight excluding hydrogens is 476 g/mol. The third-order valence-corrected chi connectivity index (χ3v) is 5.73. The second-order valence-corrected chi connectivity index (χ2v) is 9.77. The summed E-state index contributed by atoms with van der Waals surface area (Å²) in [7, 11) is 0. The molecule has 0 aliphatic carbocycles. The number of piperidine rings is 1. The van der Waals surface area contributed by atoms with E-state index in [1.165, 1.54) is 6.07 Å². The van der Waals surface area contributed by atoms with Gasteiger partial charge >= 0.3 is 6.09 Å². The van der Waals surface area contributed by atoms with Crippen molar-refractivity contribution in [3.8, 4) is 17.5 Å². The van der Waals surface area contributed by atoms with E-state index in [9.17, 15) is 14.4 Å². The first-order valence-corrected chi connectivity index (χ1v) is 11.9. The lowest BCUT2D eigenvalue weighted by atomic mass is 10.1. The topological polar surface area (TPSA) is 135 Å². The van der Waals surface area contributed by atoms with Crippen LogP contribution in [0.15, 0.2) is 40.8 Å². The van der Waals surface area contributed by atoms with Gasteiger partial charge in [0.2, 0.25) is 11.8 Å². The first kappa shape index (κ1) is 25.9. The van der Waals surface area contributed by atoms with Crippen LogP contribution in [0.25, 0.3) is 22.6 Å². The number of fused-ring (bicyclic) bond motifs is 1. The van der Waals surface area contributed by atoms with Gasteiger partial charge < -0.3 is 24.1 Å². The molecular formula is C27H28N4O6. The fourth-order valence-corrected chi connectivity index (χ4v) is 3.95. The van der Waals surface area contributed by atoms with Crippen molar-refractivity contribution in [2.75, 3.05) is 25.0 Å². The Hall–Kier alpha value is -4.23. The molecule has 0 atom stereocenters. The average molecular weight is 505 g/mol. The SMILES string of the molecule is CC(C)(C)OC(=O)N1CCC(OCC(=O)Nc2ccc(-c3nc4cc(C#N)cc(C=O)c4o3)cc2)CC1. The zero-order valence-electron chi connectivity index (χ0n) is 20.9. The number of amides is 2. The smallest absolute Gasteiger partial charge is 0.410 e. The van der Waals surface area contributed by atoms with Crippen LogP contribution in [-0.4, -0.2) is 59.6 Å². The van der Waals surface area contributed by atoms with Gasteiger partial charge in [-0.3, -0.25) is 9.59 Å². The number of aldehydes is 1. The highest BCUT2D eigenvalue weighted by atomic mass is 16.6. The van der Waals surface area contributed by atoms with Crippen molar-refractivity contribution < 1.29 is 28.3 Å². The van der Waals surface area contributed by atoms with Crippen LogP contribution < -0.4 is 5.32 Å². The van der Waals surface area contributed by atoms with Gasteiger partial charge in [-0.05, 0) is 70.0 Å². The third-order valence-electron chi connectivity index (χ3n) is 5.73.